The maximum absolute atomic E-state index is 13.5. The van der Waals surface area contributed by atoms with E-state index < -0.39 is 5.82 Å². The van der Waals surface area contributed by atoms with Crippen molar-refractivity contribution in [3.63, 3.8) is 0 Å². The minimum atomic E-state index is -0.426. The summed E-state index contributed by atoms with van der Waals surface area (Å²) in [6.45, 7) is 1.52. The molecule has 1 saturated heterocycles. The van der Waals surface area contributed by atoms with Gasteiger partial charge < -0.3 is 9.32 Å². The summed E-state index contributed by atoms with van der Waals surface area (Å²) in [6, 6.07) is 6.31. The highest BCUT2D eigenvalue weighted by Gasteiger charge is 2.22. The first kappa shape index (κ1) is 11.3. The van der Waals surface area contributed by atoms with Gasteiger partial charge in [0.1, 0.15) is 0 Å². The molecular formula is C14H14FNO2. The van der Waals surface area contributed by atoms with Gasteiger partial charge in [-0.15, -0.1) is 0 Å². The minimum absolute atomic E-state index is 0.134. The number of rotatable bonds is 1. The van der Waals surface area contributed by atoms with Crippen LogP contribution >= 0.6 is 0 Å². The smallest absolute Gasteiger partial charge is 0.289 e. The fraction of sp³-hybridized carbons (Fsp3) is 0.357. The Morgan fingerprint density at radius 3 is 2.72 bits per heavy atom. The molecule has 0 atom stereocenters. The van der Waals surface area contributed by atoms with Crippen molar-refractivity contribution in [3.8, 4) is 0 Å². The molecule has 3 nitrogen and oxygen atoms in total. The molecule has 1 amide bonds. The number of para-hydroxylation sites is 1. The van der Waals surface area contributed by atoms with E-state index in [1.54, 1.807) is 23.1 Å². The number of nitrogens with zero attached hydrogens (tertiary/aromatic N) is 1. The maximum atomic E-state index is 13.5. The van der Waals surface area contributed by atoms with Gasteiger partial charge in [-0.3, -0.25) is 4.79 Å². The third kappa shape index (κ3) is 1.88. The van der Waals surface area contributed by atoms with Crippen LogP contribution in [0.1, 0.15) is 29.8 Å². The van der Waals surface area contributed by atoms with E-state index in [0.29, 0.717) is 5.39 Å². The van der Waals surface area contributed by atoms with E-state index in [0.717, 1.165) is 25.9 Å². The lowest BCUT2D eigenvalue weighted by atomic mass is 10.1. The number of furan rings is 1. The molecule has 94 valence electrons. The Balaban J connectivity index is 1.94. The molecule has 0 unspecified atom stereocenters. The van der Waals surface area contributed by atoms with Crippen molar-refractivity contribution in [2.24, 2.45) is 0 Å². The van der Waals surface area contributed by atoms with Gasteiger partial charge in [-0.25, -0.2) is 4.39 Å². The van der Waals surface area contributed by atoms with Gasteiger partial charge in [0.2, 0.25) is 0 Å². The molecule has 0 radical (unpaired) electrons. The highest BCUT2D eigenvalue weighted by atomic mass is 19.1. The molecule has 0 aliphatic carbocycles. The first-order valence-corrected chi connectivity index (χ1v) is 6.23. The molecule has 2 heterocycles. The predicted molar refractivity (Wildman–Crippen MR) is 65.9 cm³/mol. The summed E-state index contributed by atoms with van der Waals surface area (Å²) in [6.07, 6.45) is 3.22. The van der Waals surface area contributed by atoms with Gasteiger partial charge in [-0.05, 0) is 31.4 Å². The fourth-order valence-corrected chi connectivity index (χ4v) is 2.39. The SMILES string of the molecule is O=C(c1cc2cccc(F)c2o1)N1CCCCC1. The molecule has 1 aromatic heterocycles. The average Bonchev–Trinajstić information content (AvgIpc) is 2.84. The van der Waals surface area contributed by atoms with Crippen molar-refractivity contribution >= 4 is 16.9 Å². The monoisotopic (exact) mass is 247 g/mol. The Morgan fingerprint density at radius 1 is 1.22 bits per heavy atom. The average molecular weight is 247 g/mol. The lowest BCUT2D eigenvalue weighted by Crippen LogP contribution is -2.35. The summed E-state index contributed by atoms with van der Waals surface area (Å²) >= 11 is 0. The van der Waals surface area contributed by atoms with E-state index in [4.69, 9.17) is 4.42 Å². The summed E-state index contributed by atoms with van der Waals surface area (Å²) in [5, 5.41) is 0.635. The Hall–Kier alpha value is -1.84. The van der Waals surface area contributed by atoms with Crippen LogP contribution in [-0.4, -0.2) is 23.9 Å². The zero-order valence-electron chi connectivity index (χ0n) is 9.99. The van der Waals surface area contributed by atoms with Gasteiger partial charge >= 0.3 is 0 Å². The van der Waals surface area contributed by atoms with Gasteiger partial charge in [0.15, 0.2) is 17.2 Å². The topological polar surface area (TPSA) is 33.5 Å². The molecule has 4 heteroatoms. The van der Waals surface area contributed by atoms with Crippen LogP contribution in [0.4, 0.5) is 4.39 Å². The van der Waals surface area contributed by atoms with Crippen LogP contribution in [0, 0.1) is 5.82 Å². The molecule has 18 heavy (non-hydrogen) atoms. The molecule has 2 aromatic rings. The van der Waals surface area contributed by atoms with Crippen molar-refractivity contribution in [1.82, 2.24) is 4.90 Å². The summed E-state index contributed by atoms with van der Waals surface area (Å²) in [5.41, 5.74) is 0.165. The van der Waals surface area contributed by atoms with Gasteiger partial charge in [0.05, 0.1) is 0 Å². The van der Waals surface area contributed by atoms with Gasteiger partial charge in [0.25, 0.3) is 5.91 Å². The van der Waals surface area contributed by atoms with Crippen molar-refractivity contribution in [2.45, 2.75) is 19.3 Å². The summed E-state index contributed by atoms with van der Waals surface area (Å²) < 4.78 is 18.8. The zero-order chi connectivity index (χ0) is 12.5. The number of hydrogen-bond acceptors (Lipinski definition) is 2. The van der Waals surface area contributed by atoms with E-state index >= 15 is 0 Å². The third-order valence-electron chi connectivity index (χ3n) is 3.35. The lowest BCUT2D eigenvalue weighted by Gasteiger charge is -2.25. The van der Waals surface area contributed by atoms with E-state index in [1.807, 2.05) is 0 Å². The van der Waals surface area contributed by atoms with E-state index in [2.05, 4.69) is 0 Å². The summed E-state index contributed by atoms with van der Waals surface area (Å²) in [5.74, 6) is -0.326. The second-order valence-electron chi connectivity index (χ2n) is 4.62. The summed E-state index contributed by atoms with van der Waals surface area (Å²) in [4.78, 5) is 14.0. The number of fused-ring (bicyclic) bond motifs is 1. The third-order valence-corrected chi connectivity index (χ3v) is 3.35. The van der Waals surface area contributed by atoms with Crippen molar-refractivity contribution in [2.75, 3.05) is 13.1 Å². The maximum Gasteiger partial charge on any atom is 0.289 e. The Kier molecular flexibility index (Phi) is 2.78. The minimum Gasteiger partial charge on any atom is -0.448 e. The van der Waals surface area contributed by atoms with Crippen molar-refractivity contribution in [1.29, 1.82) is 0 Å². The molecule has 1 aliphatic rings. The van der Waals surface area contributed by atoms with Crippen LogP contribution in [0.25, 0.3) is 11.0 Å². The number of amides is 1. The second-order valence-corrected chi connectivity index (χ2v) is 4.62. The lowest BCUT2D eigenvalue weighted by molar-refractivity contribution is 0.0694. The molecule has 0 N–H and O–H groups in total. The number of benzene rings is 1. The van der Waals surface area contributed by atoms with Crippen LogP contribution in [0.3, 0.4) is 0 Å². The fourth-order valence-electron chi connectivity index (χ4n) is 2.39. The first-order chi connectivity index (χ1) is 8.75. The van der Waals surface area contributed by atoms with Crippen LogP contribution in [0.2, 0.25) is 0 Å². The standard InChI is InChI=1S/C14H14FNO2/c15-11-6-4-5-10-9-12(18-13(10)11)14(17)16-7-2-1-3-8-16/h4-6,9H,1-3,7-8H2. The Bertz CT molecular complexity index is 584. The Labute approximate surface area is 104 Å². The van der Waals surface area contributed by atoms with Gasteiger partial charge in [-0.2, -0.15) is 0 Å². The zero-order valence-corrected chi connectivity index (χ0v) is 9.99. The number of carbonyl (C=O) groups excluding carboxylic acids is 1. The van der Waals surface area contributed by atoms with Crippen molar-refractivity contribution in [3.05, 3.63) is 35.8 Å². The van der Waals surface area contributed by atoms with Crippen LogP contribution in [-0.2, 0) is 0 Å². The van der Waals surface area contributed by atoms with Crippen LogP contribution in [0.5, 0.6) is 0 Å². The number of hydrogen-bond donors (Lipinski definition) is 0. The normalized spacial score (nSPS) is 16.2. The highest BCUT2D eigenvalue weighted by Crippen LogP contribution is 2.23. The van der Waals surface area contributed by atoms with Crippen LogP contribution in [0.15, 0.2) is 28.7 Å². The molecule has 1 aliphatic heterocycles. The number of halogens is 1. The first-order valence-electron chi connectivity index (χ1n) is 6.23. The van der Waals surface area contributed by atoms with Crippen molar-refractivity contribution < 1.29 is 13.6 Å². The van der Waals surface area contributed by atoms with E-state index in [1.165, 1.54) is 12.5 Å². The van der Waals surface area contributed by atoms with Gasteiger partial charge in [-0.1, -0.05) is 12.1 Å². The van der Waals surface area contributed by atoms with E-state index in [9.17, 15) is 9.18 Å². The predicted octanol–water partition coefficient (Wildman–Crippen LogP) is 3.20. The quantitative estimate of drug-likeness (QED) is 0.775. The van der Waals surface area contributed by atoms with Crippen LogP contribution < -0.4 is 0 Å². The highest BCUT2D eigenvalue weighted by molar-refractivity contribution is 5.96. The number of carbonyl (C=O) groups is 1. The second kappa shape index (κ2) is 4.44. The molecular weight excluding hydrogens is 233 g/mol. The Morgan fingerprint density at radius 2 is 2.00 bits per heavy atom. The summed E-state index contributed by atoms with van der Waals surface area (Å²) in [7, 11) is 0. The van der Waals surface area contributed by atoms with E-state index in [-0.39, 0.29) is 17.3 Å². The number of piperidine rings is 1. The number of likely N-dealkylation sites (tertiary alicyclic amines) is 1. The molecule has 1 fully saturated rings. The molecule has 0 bridgehead atoms. The molecule has 1 aromatic carbocycles. The molecule has 3 rings (SSSR count). The molecule has 0 spiro atoms. The van der Waals surface area contributed by atoms with Gasteiger partial charge in [0, 0.05) is 18.5 Å². The molecule has 0 saturated carbocycles. The largest absolute Gasteiger partial charge is 0.448 e.